The van der Waals surface area contributed by atoms with Gasteiger partial charge in [-0.3, -0.25) is 4.79 Å². The molecule has 0 atom stereocenters. The highest BCUT2D eigenvalue weighted by atomic mass is 79.9. The summed E-state index contributed by atoms with van der Waals surface area (Å²) < 4.78 is 52.8. The van der Waals surface area contributed by atoms with Crippen LogP contribution in [0.4, 0.5) is 17.6 Å². The number of carbonyl (C=O) groups is 1. The van der Waals surface area contributed by atoms with Crippen LogP contribution in [0.1, 0.15) is 17.3 Å². The van der Waals surface area contributed by atoms with Crippen molar-refractivity contribution in [3.05, 3.63) is 28.0 Å². The zero-order chi connectivity index (χ0) is 12.5. The second-order valence-corrected chi connectivity index (χ2v) is 3.78. The van der Waals surface area contributed by atoms with Crippen molar-refractivity contribution in [3.63, 3.8) is 0 Å². The van der Waals surface area contributed by atoms with Crippen molar-refractivity contribution in [2.24, 2.45) is 0 Å². The molecule has 1 rings (SSSR count). The average molecular weight is 301 g/mol. The van der Waals surface area contributed by atoms with E-state index >= 15 is 0 Å². The third kappa shape index (κ3) is 3.19. The van der Waals surface area contributed by atoms with Crippen molar-refractivity contribution < 1.29 is 27.1 Å². The number of benzene rings is 1. The number of alkyl halides is 3. The van der Waals surface area contributed by atoms with E-state index < -0.39 is 29.3 Å². The summed E-state index contributed by atoms with van der Waals surface area (Å²) in [6.07, 6.45) is -4.97. The molecular formula is C9H5BrF4O2. The molecule has 2 nitrogen and oxygen atoms in total. The minimum atomic E-state index is -4.97. The van der Waals surface area contributed by atoms with Gasteiger partial charge in [0.05, 0.1) is 5.56 Å². The molecule has 7 heteroatoms. The molecule has 0 saturated heterocycles. The molecule has 88 valence electrons. The Morgan fingerprint density at radius 3 is 2.38 bits per heavy atom. The molecule has 0 unspecified atom stereocenters. The summed E-state index contributed by atoms with van der Waals surface area (Å²) >= 11 is 2.81. The Balaban J connectivity index is 3.30. The molecule has 0 radical (unpaired) electrons. The minimum Gasteiger partial charge on any atom is -0.405 e. The maximum Gasteiger partial charge on any atom is 0.573 e. The molecule has 0 fully saturated rings. The van der Waals surface area contributed by atoms with Gasteiger partial charge in [0.15, 0.2) is 5.78 Å². The van der Waals surface area contributed by atoms with Gasteiger partial charge in [0, 0.05) is 4.47 Å². The van der Waals surface area contributed by atoms with Crippen molar-refractivity contribution in [3.8, 4) is 5.75 Å². The first-order valence-corrected chi connectivity index (χ1v) is 4.75. The zero-order valence-corrected chi connectivity index (χ0v) is 9.45. The van der Waals surface area contributed by atoms with Crippen LogP contribution >= 0.6 is 15.9 Å². The van der Waals surface area contributed by atoms with Gasteiger partial charge in [-0.2, -0.15) is 0 Å². The lowest BCUT2D eigenvalue weighted by molar-refractivity contribution is -0.274. The van der Waals surface area contributed by atoms with Crippen molar-refractivity contribution in [1.82, 2.24) is 0 Å². The Morgan fingerprint density at radius 2 is 1.94 bits per heavy atom. The van der Waals surface area contributed by atoms with Crippen LogP contribution in [-0.2, 0) is 0 Å². The number of hydrogen-bond donors (Lipinski definition) is 0. The zero-order valence-electron chi connectivity index (χ0n) is 7.86. The normalized spacial score (nSPS) is 11.4. The third-order valence-electron chi connectivity index (χ3n) is 1.60. The van der Waals surface area contributed by atoms with Crippen LogP contribution in [0.15, 0.2) is 16.6 Å². The fourth-order valence-electron chi connectivity index (χ4n) is 1.10. The Morgan fingerprint density at radius 1 is 1.38 bits per heavy atom. The molecule has 0 amide bonds. The molecule has 0 saturated carbocycles. The Hall–Kier alpha value is -1.11. The molecule has 0 aliphatic carbocycles. The number of carbonyl (C=O) groups excluding carboxylic acids is 1. The first-order valence-electron chi connectivity index (χ1n) is 3.96. The highest BCUT2D eigenvalue weighted by molar-refractivity contribution is 9.10. The van der Waals surface area contributed by atoms with Gasteiger partial charge in [-0.1, -0.05) is 15.9 Å². The second kappa shape index (κ2) is 4.40. The van der Waals surface area contributed by atoms with Crippen LogP contribution in [-0.4, -0.2) is 12.1 Å². The number of ketones is 1. The van der Waals surface area contributed by atoms with Crippen LogP contribution < -0.4 is 4.74 Å². The van der Waals surface area contributed by atoms with Gasteiger partial charge in [-0.05, 0) is 19.1 Å². The maximum atomic E-state index is 13.2. The van der Waals surface area contributed by atoms with Gasteiger partial charge >= 0.3 is 6.36 Å². The molecular weight excluding hydrogens is 296 g/mol. The minimum absolute atomic E-state index is 0.0502. The van der Waals surface area contributed by atoms with E-state index in [9.17, 15) is 22.4 Å². The van der Waals surface area contributed by atoms with E-state index in [4.69, 9.17) is 0 Å². The number of rotatable bonds is 2. The molecule has 16 heavy (non-hydrogen) atoms. The summed E-state index contributed by atoms with van der Waals surface area (Å²) in [4.78, 5) is 11.0. The van der Waals surface area contributed by atoms with Crippen LogP contribution in [0.5, 0.6) is 5.75 Å². The van der Waals surface area contributed by atoms with Gasteiger partial charge in [0.25, 0.3) is 0 Å². The fourth-order valence-corrected chi connectivity index (χ4v) is 1.51. The molecule has 0 N–H and O–H groups in total. The van der Waals surface area contributed by atoms with E-state index in [0.717, 1.165) is 19.1 Å². The van der Waals surface area contributed by atoms with Crippen LogP contribution in [0.25, 0.3) is 0 Å². The van der Waals surface area contributed by atoms with Crippen LogP contribution in [0.3, 0.4) is 0 Å². The van der Waals surface area contributed by atoms with Crippen LogP contribution in [0.2, 0.25) is 0 Å². The number of Topliss-reactive ketones (excluding diaryl/α,β-unsaturated/α-hetero) is 1. The summed E-state index contributed by atoms with van der Waals surface area (Å²) in [6.45, 7) is 0.954. The van der Waals surface area contributed by atoms with E-state index in [-0.39, 0.29) is 4.47 Å². The largest absolute Gasteiger partial charge is 0.573 e. The van der Waals surface area contributed by atoms with E-state index in [1.165, 1.54) is 0 Å². The van der Waals surface area contributed by atoms with Crippen LogP contribution in [0, 0.1) is 5.82 Å². The highest BCUT2D eigenvalue weighted by Gasteiger charge is 2.33. The molecule has 0 aliphatic heterocycles. The van der Waals surface area contributed by atoms with Crippen molar-refractivity contribution in [2.75, 3.05) is 0 Å². The highest BCUT2D eigenvalue weighted by Crippen LogP contribution is 2.31. The number of hydrogen-bond acceptors (Lipinski definition) is 2. The lowest BCUT2D eigenvalue weighted by Crippen LogP contribution is -2.19. The van der Waals surface area contributed by atoms with E-state index in [2.05, 4.69) is 20.7 Å². The summed E-state index contributed by atoms with van der Waals surface area (Å²) in [6, 6.07) is 1.77. The monoisotopic (exact) mass is 300 g/mol. The van der Waals surface area contributed by atoms with Gasteiger partial charge in [0.2, 0.25) is 0 Å². The van der Waals surface area contributed by atoms with Gasteiger partial charge < -0.3 is 4.74 Å². The van der Waals surface area contributed by atoms with Gasteiger partial charge in [-0.15, -0.1) is 13.2 Å². The third-order valence-corrected chi connectivity index (χ3v) is 2.05. The predicted molar refractivity (Wildman–Crippen MR) is 50.8 cm³/mol. The molecule has 0 heterocycles. The summed E-state index contributed by atoms with van der Waals surface area (Å²) in [5.41, 5.74) is -0.722. The average Bonchev–Trinajstić information content (AvgIpc) is 1.96. The maximum absolute atomic E-state index is 13.2. The van der Waals surface area contributed by atoms with Crippen molar-refractivity contribution in [2.45, 2.75) is 13.3 Å². The van der Waals surface area contributed by atoms with Gasteiger partial charge in [0.1, 0.15) is 11.6 Å². The molecule has 0 aromatic heterocycles. The molecule has 1 aromatic rings. The Kier molecular flexibility index (Phi) is 3.57. The molecule has 0 bridgehead atoms. The van der Waals surface area contributed by atoms with E-state index in [0.29, 0.717) is 0 Å². The quantitative estimate of drug-likeness (QED) is 0.615. The molecule has 0 aliphatic rings. The van der Waals surface area contributed by atoms with Crippen molar-refractivity contribution in [1.29, 1.82) is 0 Å². The van der Waals surface area contributed by atoms with E-state index in [1.807, 2.05) is 0 Å². The first kappa shape index (κ1) is 13.0. The van der Waals surface area contributed by atoms with Crippen molar-refractivity contribution >= 4 is 21.7 Å². The second-order valence-electron chi connectivity index (χ2n) is 2.86. The summed E-state index contributed by atoms with van der Waals surface area (Å²) in [7, 11) is 0. The lowest BCUT2D eigenvalue weighted by atomic mass is 10.1. The first-order chi connectivity index (χ1) is 7.20. The molecule has 1 aromatic carbocycles. The smallest absolute Gasteiger partial charge is 0.405 e. The predicted octanol–water partition coefficient (Wildman–Crippen LogP) is 3.69. The van der Waals surface area contributed by atoms with Gasteiger partial charge in [-0.25, -0.2) is 4.39 Å². The summed E-state index contributed by atoms with van der Waals surface area (Å²) in [5, 5.41) is 0. The Bertz CT molecular complexity index is 428. The SMILES string of the molecule is CC(=O)c1c(F)cc(Br)cc1OC(F)(F)F. The topological polar surface area (TPSA) is 26.3 Å². The number of halogens is 5. The lowest BCUT2D eigenvalue weighted by Gasteiger charge is -2.12. The standard InChI is InChI=1S/C9H5BrF4O2/c1-4(15)8-6(11)2-5(10)3-7(8)16-9(12,13)14/h2-3H,1H3. The fraction of sp³-hybridized carbons (Fsp3) is 0.222. The summed E-state index contributed by atoms with van der Waals surface area (Å²) in [5.74, 6) is -2.77. The van der Waals surface area contributed by atoms with E-state index in [1.54, 1.807) is 0 Å². The Labute approximate surface area is 96.3 Å². The number of ether oxygens (including phenoxy) is 1. The molecule has 0 spiro atoms.